The van der Waals surface area contributed by atoms with E-state index >= 15 is 0 Å². The van der Waals surface area contributed by atoms with Gasteiger partial charge < -0.3 is 9.47 Å². The Morgan fingerprint density at radius 1 is 1.56 bits per heavy atom. The quantitative estimate of drug-likeness (QED) is 0.483. The lowest BCUT2D eigenvalue weighted by Gasteiger charge is -2.10. The predicted molar refractivity (Wildman–Crippen MR) is 53.7 cm³/mol. The van der Waals surface area contributed by atoms with Gasteiger partial charge in [-0.2, -0.15) is 0 Å². The van der Waals surface area contributed by atoms with Crippen LogP contribution in [0.25, 0.3) is 0 Å². The van der Waals surface area contributed by atoms with E-state index in [1.807, 2.05) is 0 Å². The molecule has 0 aliphatic heterocycles. The highest BCUT2D eigenvalue weighted by Crippen LogP contribution is 2.35. The highest BCUT2D eigenvalue weighted by Gasteiger charge is 2.34. The van der Waals surface area contributed by atoms with E-state index in [1.165, 1.54) is 0 Å². The van der Waals surface area contributed by atoms with Crippen molar-refractivity contribution in [3.63, 3.8) is 0 Å². The monoisotopic (exact) mass is 286 g/mol. The Balaban J connectivity index is 3.30. The molecule has 0 atom stereocenters. The van der Waals surface area contributed by atoms with E-state index in [9.17, 15) is 23.3 Å². The summed E-state index contributed by atoms with van der Waals surface area (Å²) in [5.74, 6) is -1.74. The maximum absolute atomic E-state index is 12.0. The topological polar surface area (TPSA) is 74.5 Å². The third kappa shape index (κ3) is 3.36. The van der Waals surface area contributed by atoms with Crippen molar-refractivity contribution in [3.05, 3.63) is 21.9 Å². The summed E-state index contributed by atoms with van der Waals surface area (Å²) in [4.78, 5) is 13.2. The standard InChI is InChI=1S/C8H6ClF3N2O4/c1-17-5-2-6(18-8(10,11)12)13-4(3-9)7(5)14(15)16/h2H,3H2,1H3. The number of hydrogen-bond acceptors (Lipinski definition) is 5. The van der Waals surface area contributed by atoms with Crippen LogP contribution in [0, 0.1) is 10.1 Å². The number of methoxy groups -OCH3 is 1. The van der Waals surface area contributed by atoms with E-state index < -0.39 is 34.5 Å². The number of halogens is 4. The van der Waals surface area contributed by atoms with Crippen molar-refractivity contribution in [2.24, 2.45) is 0 Å². The molecule has 0 spiro atoms. The second-order valence-electron chi connectivity index (χ2n) is 2.90. The molecule has 0 bridgehead atoms. The van der Waals surface area contributed by atoms with Gasteiger partial charge in [0.1, 0.15) is 5.69 Å². The molecule has 0 aliphatic rings. The fraction of sp³-hybridized carbons (Fsp3) is 0.375. The van der Waals surface area contributed by atoms with Crippen molar-refractivity contribution < 1.29 is 27.6 Å². The van der Waals surface area contributed by atoms with Crippen LogP contribution in [0.15, 0.2) is 6.07 Å². The van der Waals surface area contributed by atoms with Gasteiger partial charge in [-0.15, -0.1) is 24.8 Å². The number of ether oxygens (including phenoxy) is 2. The van der Waals surface area contributed by atoms with E-state index in [-0.39, 0.29) is 5.69 Å². The van der Waals surface area contributed by atoms with Gasteiger partial charge in [0.05, 0.1) is 24.0 Å². The van der Waals surface area contributed by atoms with Gasteiger partial charge in [-0.1, -0.05) is 0 Å². The smallest absolute Gasteiger partial charge is 0.490 e. The van der Waals surface area contributed by atoms with Crippen LogP contribution in [-0.4, -0.2) is 23.4 Å². The number of hydrogen-bond donors (Lipinski definition) is 0. The fourth-order valence-corrected chi connectivity index (χ4v) is 1.34. The van der Waals surface area contributed by atoms with Crippen LogP contribution in [0.5, 0.6) is 11.6 Å². The first-order valence-electron chi connectivity index (χ1n) is 4.32. The minimum atomic E-state index is -4.96. The highest BCUT2D eigenvalue weighted by atomic mass is 35.5. The van der Waals surface area contributed by atoms with E-state index in [1.54, 1.807) is 0 Å². The van der Waals surface area contributed by atoms with Crippen LogP contribution in [-0.2, 0) is 5.88 Å². The predicted octanol–water partition coefficient (Wildman–Crippen LogP) is 2.64. The molecular weight excluding hydrogens is 281 g/mol. The first-order chi connectivity index (χ1) is 8.28. The Bertz CT molecular complexity index is 441. The van der Waals surface area contributed by atoms with Crippen molar-refractivity contribution in [3.8, 4) is 11.6 Å². The molecule has 0 unspecified atom stereocenters. The van der Waals surface area contributed by atoms with Crippen LogP contribution in [0.1, 0.15) is 5.69 Å². The van der Waals surface area contributed by atoms with Gasteiger partial charge in [0.2, 0.25) is 11.6 Å². The molecular formula is C8H6ClF3N2O4. The molecule has 10 heteroatoms. The Morgan fingerprint density at radius 3 is 2.56 bits per heavy atom. The molecule has 1 aromatic rings. The van der Waals surface area contributed by atoms with E-state index in [2.05, 4.69) is 14.5 Å². The summed E-state index contributed by atoms with van der Waals surface area (Å²) < 4.78 is 44.2. The molecule has 0 saturated carbocycles. The second-order valence-corrected chi connectivity index (χ2v) is 3.16. The lowest BCUT2D eigenvalue weighted by Crippen LogP contribution is -2.18. The van der Waals surface area contributed by atoms with E-state index in [0.717, 1.165) is 7.11 Å². The minimum Gasteiger partial charge on any atom is -0.490 e. The summed E-state index contributed by atoms with van der Waals surface area (Å²) in [6, 6.07) is 0.668. The van der Waals surface area contributed by atoms with Crippen molar-refractivity contribution in [1.82, 2.24) is 4.98 Å². The average Bonchev–Trinajstić information content (AvgIpc) is 2.24. The Hall–Kier alpha value is -1.77. The van der Waals surface area contributed by atoms with E-state index in [0.29, 0.717) is 6.07 Å². The third-order valence-electron chi connectivity index (χ3n) is 1.76. The van der Waals surface area contributed by atoms with E-state index in [4.69, 9.17) is 11.6 Å². The van der Waals surface area contributed by atoms with Crippen molar-refractivity contribution in [1.29, 1.82) is 0 Å². The molecule has 0 aliphatic carbocycles. The average molecular weight is 287 g/mol. The summed E-state index contributed by atoms with van der Waals surface area (Å²) in [6.45, 7) is 0. The molecule has 0 aromatic carbocycles. The summed E-state index contributed by atoms with van der Waals surface area (Å²) in [7, 11) is 1.07. The number of rotatable bonds is 4. The summed E-state index contributed by atoms with van der Waals surface area (Å²) >= 11 is 5.39. The first-order valence-corrected chi connectivity index (χ1v) is 4.86. The zero-order valence-corrected chi connectivity index (χ0v) is 9.58. The molecule has 100 valence electrons. The summed E-state index contributed by atoms with van der Waals surface area (Å²) in [6.07, 6.45) is -4.96. The molecule has 0 fully saturated rings. The van der Waals surface area contributed by atoms with Crippen molar-refractivity contribution in [2.75, 3.05) is 7.11 Å². The van der Waals surface area contributed by atoms with Gasteiger partial charge >= 0.3 is 12.0 Å². The molecule has 1 heterocycles. The normalized spacial score (nSPS) is 11.2. The SMILES string of the molecule is COc1cc(OC(F)(F)F)nc(CCl)c1[N+](=O)[O-]. The van der Waals surface area contributed by atoms with Gasteiger partial charge in [-0.05, 0) is 0 Å². The summed E-state index contributed by atoms with van der Waals surface area (Å²) in [5, 5.41) is 10.7. The van der Waals surface area contributed by atoms with Crippen molar-refractivity contribution >= 4 is 17.3 Å². The number of pyridine rings is 1. The van der Waals surface area contributed by atoms with Gasteiger partial charge in [0.15, 0.2) is 0 Å². The number of alkyl halides is 4. The van der Waals surface area contributed by atoms with Crippen LogP contribution in [0.3, 0.4) is 0 Å². The largest absolute Gasteiger partial charge is 0.574 e. The maximum atomic E-state index is 12.0. The third-order valence-corrected chi connectivity index (χ3v) is 2.01. The molecule has 0 saturated heterocycles. The second kappa shape index (κ2) is 5.25. The molecule has 0 amide bonds. The zero-order valence-electron chi connectivity index (χ0n) is 8.82. The number of aromatic nitrogens is 1. The van der Waals surface area contributed by atoms with Crippen molar-refractivity contribution in [2.45, 2.75) is 12.2 Å². The number of nitro groups is 1. The molecule has 6 nitrogen and oxygen atoms in total. The van der Waals surface area contributed by atoms with Crippen LogP contribution in [0.4, 0.5) is 18.9 Å². The van der Waals surface area contributed by atoms with Crippen LogP contribution < -0.4 is 9.47 Å². The van der Waals surface area contributed by atoms with Gasteiger partial charge in [0.25, 0.3) is 0 Å². The van der Waals surface area contributed by atoms with Gasteiger partial charge in [-0.3, -0.25) is 10.1 Å². The molecule has 18 heavy (non-hydrogen) atoms. The summed E-state index contributed by atoms with van der Waals surface area (Å²) in [5.41, 5.74) is -0.970. The Morgan fingerprint density at radius 2 is 2.17 bits per heavy atom. The fourth-order valence-electron chi connectivity index (χ4n) is 1.16. The van der Waals surface area contributed by atoms with Gasteiger partial charge in [-0.25, -0.2) is 4.98 Å². The Labute approximate surface area is 103 Å². The highest BCUT2D eigenvalue weighted by molar-refractivity contribution is 6.17. The van der Waals surface area contributed by atoms with Gasteiger partial charge in [0, 0.05) is 0 Å². The lowest BCUT2D eigenvalue weighted by atomic mass is 10.3. The molecule has 0 radical (unpaired) electrons. The lowest BCUT2D eigenvalue weighted by molar-refractivity contribution is -0.386. The zero-order chi connectivity index (χ0) is 13.9. The van der Waals surface area contributed by atoms with Crippen LogP contribution in [0.2, 0.25) is 0 Å². The Kier molecular flexibility index (Phi) is 4.17. The molecule has 0 N–H and O–H groups in total. The molecule has 1 aromatic heterocycles. The number of nitrogens with zero attached hydrogens (tertiary/aromatic N) is 2. The minimum absolute atomic E-state index is 0.375. The maximum Gasteiger partial charge on any atom is 0.574 e. The first kappa shape index (κ1) is 14.3. The molecule has 1 rings (SSSR count). The van der Waals surface area contributed by atoms with Crippen LogP contribution >= 0.6 is 11.6 Å².